The number of thiophene rings is 2. The molecule has 0 aromatic carbocycles. The van der Waals surface area contributed by atoms with Gasteiger partial charge in [-0.25, -0.2) is 0 Å². The average molecular weight is 369 g/mol. The van der Waals surface area contributed by atoms with E-state index in [-0.39, 0.29) is 0 Å². The summed E-state index contributed by atoms with van der Waals surface area (Å²) in [7, 11) is -2.47. The van der Waals surface area contributed by atoms with Crippen molar-refractivity contribution in [3.63, 3.8) is 0 Å². The van der Waals surface area contributed by atoms with Crippen molar-refractivity contribution >= 4 is 57.9 Å². The second kappa shape index (κ2) is 6.92. The van der Waals surface area contributed by atoms with Crippen LogP contribution in [0.2, 0.25) is 39.3 Å². The lowest BCUT2D eigenvalue weighted by Crippen LogP contribution is -2.38. The third-order valence-corrected chi connectivity index (χ3v) is 14.0. The predicted octanol–water partition coefficient (Wildman–Crippen LogP) is 6.18. The molecule has 0 spiro atoms. The van der Waals surface area contributed by atoms with Crippen LogP contribution in [0, 0.1) is 0 Å². The Balaban J connectivity index is 2.38. The number of hydrogen-bond acceptors (Lipinski definition) is 2. The molecule has 0 radical (unpaired) electrons. The van der Waals surface area contributed by atoms with Crippen LogP contribution >= 0.6 is 22.7 Å². The van der Waals surface area contributed by atoms with Crippen LogP contribution in [0.1, 0.15) is 37.5 Å². The first-order valence-electron chi connectivity index (χ1n) is 8.70. The highest BCUT2D eigenvalue weighted by Crippen LogP contribution is 2.31. The molecule has 0 unspecified atom stereocenters. The van der Waals surface area contributed by atoms with Crippen molar-refractivity contribution in [2.24, 2.45) is 0 Å². The van der Waals surface area contributed by atoms with Crippen molar-refractivity contribution in [2.45, 2.75) is 78.3 Å². The van der Waals surface area contributed by atoms with E-state index in [0.717, 1.165) is 0 Å². The summed E-state index contributed by atoms with van der Waals surface area (Å²) in [5.41, 5.74) is 0. The molecule has 2 heterocycles. The molecule has 0 saturated carbocycles. The summed E-state index contributed by atoms with van der Waals surface area (Å²) in [5.74, 6) is 0. The lowest BCUT2D eigenvalue weighted by molar-refractivity contribution is 0.670. The molecule has 0 nitrogen and oxygen atoms in total. The van der Waals surface area contributed by atoms with E-state index in [4.69, 9.17) is 0 Å². The highest BCUT2D eigenvalue weighted by molar-refractivity contribution is 7.41. The monoisotopic (exact) mass is 368 g/mol. The van der Waals surface area contributed by atoms with E-state index >= 15 is 0 Å². The van der Waals surface area contributed by atoms with E-state index in [9.17, 15) is 0 Å². The molecule has 2 rings (SSSR count). The number of fused-ring (bicyclic) bond motifs is 1. The lowest BCUT2D eigenvalue weighted by atomic mass is 10.1. The van der Waals surface area contributed by atoms with Crippen LogP contribution < -0.4 is 9.00 Å². The molecule has 22 heavy (non-hydrogen) atoms. The molecule has 0 N–H and O–H groups in total. The molecular formula is C18H32S2Si2. The van der Waals surface area contributed by atoms with Crippen molar-refractivity contribution in [1.29, 1.82) is 0 Å². The van der Waals surface area contributed by atoms with Gasteiger partial charge in [0.1, 0.15) is 0 Å². The third-order valence-electron chi connectivity index (χ3n) is 4.08. The summed E-state index contributed by atoms with van der Waals surface area (Å²) in [6.45, 7) is 17.3. The van der Waals surface area contributed by atoms with Crippen molar-refractivity contribution in [3.8, 4) is 0 Å². The summed E-state index contributed by atoms with van der Waals surface area (Å²) >= 11 is 4.28. The second-order valence-electron chi connectivity index (χ2n) is 8.53. The minimum atomic E-state index is -1.24. The van der Waals surface area contributed by atoms with Gasteiger partial charge in [0.25, 0.3) is 0 Å². The second-order valence-corrected chi connectivity index (χ2v) is 21.4. The van der Waals surface area contributed by atoms with Gasteiger partial charge in [0.15, 0.2) is 0 Å². The van der Waals surface area contributed by atoms with Crippen LogP contribution in [-0.2, 0) is 6.42 Å². The molecule has 0 aliphatic rings. The highest BCUT2D eigenvalue weighted by Gasteiger charge is 2.30. The largest absolute Gasteiger partial charge is 0.153 e. The van der Waals surface area contributed by atoms with E-state index in [1.807, 2.05) is 0 Å². The topological polar surface area (TPSA) is 0 Å². The molecule has 0 bridgehead atoms. The molecule has 0 fully saturated rings. The SMILES string of the molecule is CCCCCCc1cc2c([Si](C)(C)C)sc([Si](C)(C)C)c2s1. The normalized spacial score (nSPS) is 13.2. The zero-order chi connectivity index (χ0) is 16.5. The maximum atomic E-state index is 2.56. The maximum absolute atomic E-state index is 2.56. The summed E-state index contributed by atoms with van der Waals surface area (Å²) < 4.78 is 5.16. The quantitative estimate of drug-likeness (QED) is 0.404. The van der Waals surface area contributed by atoms with E-state index in [0.29, 0.717) is 0 Å². The van der Waals surface area contributed by atoms with Crippen LogP contribution in [0.25, 0.3) is 10.1 Å². The molecule has 2 aromatic rings. The lowest BCUT2D eigenvalue weighted by Gasteiger charge is -2.16. The molecule has 0 aliphatic carbocycles. The molecular weight excluding hydrogens is 337 g/mol. The van der Waals surface area contributed by atoms with Gasteiger partial charge in [0.2, 0.25) is 0 Å². The van der Waals surface area contributed by atoms with E-state index in [2.05, 4.69) is 74.9 Å². The van der Waals surface area contributed by atoms with Gasteiger partial charge in [-0.1, -0.05) is 65.5 Å². The summed E-state index contributed by atoms with van der Waals surface area (Å²) in [4.78, 5) is 1.63. The first-order chi connectivity index (χ1) is 10.1. The van der Waals surface area contributed by atoms with Crippen molar-refractivity contribution in [1.82, 2.24) is 0 Å². The molecule has 0 aliphatic heterocycles. The summed E-state index contributed by atoms with van der Waals surface area (Å²) in [5, 5.41) is 1.64. The average Bonchev–Trinajstić information content (AvgIpc) is 2.89. The van der Waals surface area contributed by atoms with Gasteiger partial charge in [0, 0.05) is 19.5 Å². The Hall–Kier alpha value is 0.0938. The third kappa shape index (κ3) is 4.13. The Kier molecular flexibility index (Phi) is 5.79. The zero-order valence-corrected chi connectivity index (χ0v) is 19.1. The van der Waals surface area contributed by atoms with Crippen molar-refractivity contribution in [3.05, 3.63) is 10.9 Å². The minimum Gasteiger partial charge on any atom is -0.153 e. The van der Waals surface area contributed by atoms with Crippen molar-refractivity contribution < 1.29 is 0 Å². The molecule has 124 valence electrons. The maximum Gasteiger partial charge on any atom is 0.0923 e. The molecule has 0 saturated heterocycles. The fourth-order valence-electron chi connectivity index (χ4n) is 2.88. The van der Waals surface area contributed by atoms with Crippen LogP contribution in [0.15, 0.2) is 6.07 Å². The van der Waals surface area contributed by atoms with E-state index in [1.165, 1.54) is 32.1 Å². The van der Waals surface area contributed by atoms with Gasteiger partial charge in [-0.3, -0.25) is 0 Å². The Morgan fingerprint density at radius 2 is 1.45 bits per heavy atom. The first-order valence-corrected chi connectivity index (χ1v) is 17.3. The molecule has 2 aromatic heterocycles. The fourth-order valence-corrected chi connectivity index (χ4v) is 11.3. The van der Waals surface area contributed by atoms with Crippen LogP contribution in [-0.4, -0.2) is 16.1 Å². The number of unbranched alkanes of at least 4 members (excludes halogenated alkanes) is 3. The standard InChI is InChI=1S/C18H32S2Si2/c1-8-9-10-11-12-14-13-15-16(19-14)18(22(5,6)7)20-17(15)21(2,3)4/h13H,8-12H2,1-7H3. The Bertz CT molecular complexity index is 577. The number of rotatable bonds is 7. The van der Waals surface area contributed by atoms with Gasteiger partial charge in [-0.2, -0.15) is 11.3 Å². The van der Waals surface area contributed by atoms with Crippen LogP contribution in [0.5, 0.6) is 0 Å². The fraction of sp³-hybridized carbons (Fsp3) is 0.667. The van der Waals surface area contributed by atoms with Crippen molar-refractivity contribution in [2.75, 3.05) is 0 Å². The Morgan fingerprint density at radius 3 is 2.00 bits per heavy atom. The predicted molar refractivity (Wildman–Crippen MR) is 114 cm³/mol. The van der Waals surface area contributed by atoms with Crippen LogP contribution in [0.3, 0.4) is 0 Å². The Morgan fingerprint density at radius 1 is 0.818 bits per heavy atom. The highest BCUT2D eigenvalue weighted by atomic mass is 32.1. The van der Waals surface area contributed by atoms with Gasteiger partial charge < -0.3 is 0 Å². The minimum absolute atomic E-state index is 1.24. The number of hydrogen-bond donors (Lipinski definition) is 0. The van der Waals surface area contributed by atoms with Crippen LogP contribution in [0.4, 0.5) is 0 Å². The smallest absolute Gasteiger partial charge is 0.0923 e. The first kappa shape index (κ1) is 18.4. The molecule has 0 atom stereocenters. The summed E-state index contributed by atoms with van der Waals surface area (Å²) in [6, 6.07) is 2.56. The van der Waals surface area contributed by atoms with E-state index < -0.39 is 16.1 Å². The number of aryl methyl sites for hydroxylation is 1. The van der Waals surface area contributed by atoms with E-state index in [1.54, 1.807) is 24.0 Å². The molecule has 0 amide bonds. The Labute approximate surface area is 147 Å². The van der Waals surface area contributed by atoms with Gasteiger partial charge in [0.05, 0.1) is 16.1 Å². The zero-order valence-electron chi connectivity index (χ0n) is 15.4. The molecule has 4 heteroatoms. The van der Waals surface area contributed by atoms with Gasteiger partial charge in [-0.05, 0) is 23.4 Å². The van der Waals surface area contributed by atoms with Gasteiger partial charge >= 0.3 is 0 Å². The van der Waals surface area contributed by atoms with Gasteiger partial charge in [-0.15, -0.1) is 11.3 Å². The summed E-state index contributed by atoms with van der Waals surface area (Å²) in [6.07, 6.45) is 6.77.